The zero-order chi connectivity index (χ0) is 21.8. The molecule has 0 atom stereocenters. The standard InChI is InChI=1S/C22H17N3O.C2H6.C2H2/c26-22(24-15-16-8-3-1-4-9-16)19-14-20(17-10-5-2-6-11-17)25-21-18(19)12-7-13-23-21;2*1-2/h1-14H,15H2,(H,24,26);1-2H3;1-2H. The molecule has 0 aliphatic heterocycles. The van der Waals surface area contributed by atoms with Crippen LogP contribution in [0.15, 0.2) is 85.1 Å². The average molecular weight is 396 g/mol. The number of fused-ring (bicyclic) bond motifs is 1. The van der Waals surface area contributed by atoms with Crippen molar-refractivity contribution in [1.29, 1.82) is 0 Å². The van der Waals surface area contributed by atoms with Crippen molar-refractivity contribution < 1.29 is 4.79 Å². The molecule has 0 radical (unpaired) electrons. The van der Waals surface area contributed by atoms with E-state index in [4.69, 9.17) is 0 Å². The zero-order valence-electron chi connectivity index (χ0n) is 17.2. The lowest BCUT2D eigenvalue weighted by atomic mass is 10.1. The fourth-order valence-corrected chi connectivity index (χ4v) is 2.88. The van der Waals surface area contributed by atoms with Crippen LogP contribution in [0.5, 0.6) is 0 Å². The highest BCUT2D eigenvalue weighted by Gasteiger charge is 2.14. The van der Waals surface area contributed by atoms with E-state index in [0.29, 0.717) is 17.8 Å². The highest BCUT2D eigenvalue weighted by Crippen LogP contribution is 2.23. The lowest BCUT2D eigenvalue weighted by Gasteiger charge is -2.10. The minimum Gasteiger partial charge on any atom is -0.348 e. The van der Waals surface area contributed by atoms with Gasteiger partial charge in [0.05, 0.1) is 11.3 Å². The molecule has 1 amide bonds. The second-order valence-electron chi connectivity index (χ2n) is 5.96. The third kappa shape index (κ3) is 5.52. The third-order valence-electron chi connectivity index (χ3n) is 4.19. The predicted octanol–water partition coefficient (Wildman–Crippen LogP) is 5.50. The topological polar surface area (TPSA) is 54.9 Å². The van der Waals surface area contributed by atoms with E-state index >= 15 is 0 Å². The number of benzene rings is 2. The van der Waals surface area contributed by atoms with Gasteiger partial charge in [-0.1, -0.05) is 74.5 Å². The van der Waals surface area contributed by atoms with Gasteiger partial charge in [-0.3, -0.25) is 4.79 Å². The molecule has 0 spiro atoms. The first kappa shape index (κ1) is 22.3. The maximum absolute atomic E-state index is 12.8. The Morgan fingerprint density at radius 3 is 2.20 bits per heavy atom. The molecule has 2 aromatic carbocycles. The number of carbonyl (C=O) groups is 1. The number of nitrogens with zero attached hydrogens (tertiary/aromatic N) is 2. The van der Waals surface area contributed by atoms with E-state index in [1.807, 2.05) is 92.7 Å². The van der Waals surface area contributed by atoms with Crippen molar-refractivity contribution in [3.8, 4) is 24.1 Å². The van der Waals surface area contributed by atoms with Gasteiger partial charge in [-0.25, -0.2) is 9.97 Å². The van der Waals surface area contributed by atoms with Crippen LogP contribution in [0.4, 0.5) is 0 Å². The van der Waals surface area contributed by atoms with E-state index in [1.165, 1.54) is 0 Å². The summed E-state index contributed by atoms with van der Waals surface area (Å²) in [7, 11) is 0. The molecule has 0 bridgehead atoms. The van der Waals surface area contributed by atoms with Gasteiger partial charge in [-0.15, -0.1) is 12.8 Å². The van der Waals surface area contributed by atoms with Crippen molar-refractivity contribution >= 4 is 16.9 Å². The molecule has 150 valence electrons. The van der Waals surface area contributed by atoms with Crippen molar-refractivity contribution in [3.63, 3.8) is 0 Å². The molecule has 4 heteroatoms. The van der Waals surface area contributed by atoms with Gasteiger partial charge in [0.25, 0.3) is 5.91 Å². The van der Waals surface area contributed by atoms with Crippen molar-refractivity contribution in [2.45, 2.75) is 20.4 Å². The van der Waals surface area contributed by atoms with E-state index in [-0.39, 0.29) is 5.91 Å². The van der Waals surface area contributed by atoms with Gasteiger partial charge >= 0.3 is 0 Å². The molecule has 1 N–H and O–H groups in total. The van der Waals surface area contributed by atoms with Gasteiger partial charge in [-0.05, 0) is 23.8 Å². The highest BCUT2D eigenvalue weighted by atomic mass is 16.1. The summed E-state index contributed by atoms with van der Waals surface area (Å²) in [6.07, 6.45) is 9.69. The Morgan fingerprint density at radius 2 is 1.53 bits per heavy atom. The van der Waals surface area contributed by atoms with E-state index in [0.717, 1.165) is 22.2 Å². The number of terminal acetylenes is 1. The van der Waals surface area contributed by atoms with Crippen LogP contribution in [-0.2, 0) is 6.54 Å². The van der Waals surface area contributed by atoms with Gasteiger partial charge in [0.2, 0.25) is 0 Å². The molecule has 30 heavy (non-hydrogen) atoms. The van der Waals surface area contributed by atoms with Crippen molar-refractivity contribution in [2.24, 2.45) is 0 Å². The van der Waals surface area contributed by atoms with Crippen LogP contribution in [-0.4, -0.2) is 15.9 Å². The monoisotopic (exact) mass is 395 g/mol. The quantitative estimate of drug-likeness (QED) is 0.464. The third-order valence-corrected chi connectivity index (χ3v) is 4.19. The van der Waals surface area contributed by atoms with Crippen LogP contribution in [0.1, 0.15) is 29.8 Å². The molecule has 0 saturated heterocycles. The number of hydrogen-bond acceptors (Lipinski definition) is 3. The second-order valence-corrected chi connectivity index (χ2v) is 5.96. The summed E-state index contributed by atoms with van der Waals surface area (Å²) >= 11 is 0. The molecule has 2 heterocycles. The van der Waals surface area contributed by atoms with E-state index in [9.17, 15) is 4.79 Å². The van der Waals surface area contributed by atoms with Gasteiger partial charge < -0.3 is 5.32 Å². The summed E-state index contributed by atoms with van der Waals surface area (Å²) < 4.78 is 0. The maximum Gasteiger partial charge on any atom is 0.252 e. The van der Waals surface area contributed by atoms with Crippen molar-refractivity contribution in [1.82, 2.24) is 15.3 Å². The number of pyridine rings is 2. The molecular formula is C26H25N3O. The largest absolute Gasteiger partial charge is 0.348 e. The number of aromatic nitrogens is 2. The Hall–Kier alpha value is -3.97. The molecule has 0 unspecified atom stereocenters. The maximum atomic E-state index is 12.8. The lowest BCUT2D eigenvalue weighted by molar-refractivity contribution is 0.0952. The molecular weight excluding hydrogens is 370 g/mol. The highest BCUT2D eigenvalue weighted by molar-refractivity contribution is 6.06. The Morgan fingerprint density at radius 1 is 0.900 bits per heavy atom. The SMILES string of the molecule is C#C.CC.O=C(NCc1ccccc1)c1cc(-c2ccccc2)nc2ncccc12. The number of hydrogen-bond donors (Lipinski definition) is 1. The molecule has 4 rings (SSSR count). The van der Waals surface area contributed by atoms with Crippen molar-refractivity contribution in [3.05, 3.63) is 96.2 Å². The number of carbonyl (C=O) groups excluding carboxylic acids is 1. The lowest BCUT2D eigenvalue weighted by Crippen LogP contribution is -2.23. The molecule has 0 aliphatic carbocycles. The zero-order valence-corrected chi connectivity index (χ0v) is 17.2. The summed E-state index contributed by atoms with van der Waals surface area (Å²) in [5.74, 6) is -0.133. The molecule has 0 fully saturated rings. The molecule has 4 nitrogen and oxygen atoms in total. The van der Waals surface area contributed by atoms with Gasteiger partial charge in [-0.2, -0.15) is 0 Å². The Kier molecular flexibility index (Phi) is 8.76. The van der Waals surface area contributed by atoms with E-state index in [1.54, 1.807) is 6.20 Å². The summed E-state index contributed by atoms with van der Waals surface area (Å²) in [5, 5.41) is 3.74. The number of rotatable bonds is 4. The van der Waals surface area contributed by atoms with Crippen LogP contribution in [0.2, 0.25) is 0 Å². The van der Waals surface area contributed by atoms with Crippen molar-refractivity contribution in [2.75, 3.05) is 0 Å². The first-order chi connectivity index (χ1) is 14.8. The van der Waals surface area contributed by atoms with Crippen LogP contribution in [0.3, 0.4) is 0 Å². The van der Waals surface area contributed by atoms with Crippen LogP contribution in [0, 0.1) is 12.8 Å². The summed E-state index contributed by atoms with van der Waals surface area (Å²) in [6.45, 7) is 4.48. The normalized spacial score (nSPS) is 9.47. The minimum absolute atomic E-state index is 0.133. The summed E-state index contributed by atoms with van der Waals surface area (Å²) in [4.78, 5) is 21.8. The smallest absolute Gasteiger partial charge is 0.252 e. The van der Waals surface area contributed by atoms with Crippen LogP contribution < -0.4 is 5.32 Å². The first-order valence-electron chi connectivity index (χ1n) is 9.78. The van der Waals surface area contributed by atoms with Gasteiger partial charge in [0.1, 0.15) is 0 Å². The Labute approximate surface area is 178 Å². The molecule has 0 saturated carbocycles. The summed E-state index contributed by atoms with van der Waals surface area (Å²) in [6, 6.07) is 25.2. The predicted molar refractivity (Wildman–Crippen MR) is 124 cm³/mol. The van der Waals surface area contributed by atoms with Crippen LogP contribution in [0.25, 0.3) is 22.3 Å². The van der Waals surface area contributed by atoms with Gasteiger partial charge in [0, 0.05) is 23.7 Å². The van der Waals surface area contributed by atoms with Crippen LogP contribution >= 0.6 is 0 Å². The molecule has 0 aliphatic rings. The minimum atomic E-state index is -0.133. The molecule has 4 aromatic rings. The van der Waals surface area contributed by atoms with Gasteiger partial charge in [0.15, 0.2) is 5.65 Å². The second kappa shape index (κ2) is 11.8. The number of nitrogens with one attached hydrogen (secondary N) is 1. The Bertz CT molecular complexity index is 1090. The average Bonchev–Trinajstić information content (AvgIpc) is 2.85. The fourth-order valence-electron chi connectivity index (χ4n) is 2.88. The molecule has 2 aromatic heterocycles. The van der Waals surface area contributed by atoms with E-state index < -0.39 is 0 Å². The fraction of sp³-hybridized carbons (Fsp3) is 0.115. The van der Waals surface area contributed by atoms with E-state index in [2.05, 4.69) is 28.1 Å². The number of amides is 1. The summed E-state index contributed by atoms with van der Waals surface area (Å²) in [5.41, 5.74) is 3.90. The first-order valence-corrected chi connectivity index (χ1v) is 9.78. The Balaban J connectivity index is 0.000000757.